The van der Waals surface area contributed by atoms with E-state index in [1.165, 1.54) is 18.7 Å². The molecule has 20 heavy (non-hydrogen) atoms. The fourth-order valence-corrected chi connectivity index (χ4v) is 2.25. The van der Waals surface area contributed by atoms with E-state index in [2.05, 4.69) is 17.2 Å². The summed E-state index contributed by atoms with van der Waals surface area (Å²) < 4.78 is 0. The van der Waals surface area contributed by atoms with E-state index in [4.69, 9.17) is 0 Å². The van der Waals surface area contributed by atoms with Gasteiger partial charge in [0.05, 0.1) is 5.75 Å². The maximum atomic E-state index is 11.8. The molecular weight excluding hydrogens is 272 g/mol. The van der Waals surface area contributed by atoms with Gasteiger partial charge in [0.2, 0.25) is 11.8 Å². The van der Waals surface area contributed by atoms with Gasteiger partial charge in [0.1, 0.15) is 0 Å². The first-order valence-electron chi connectivity index (χ1n) is 6.45. The molecule has 1 rings (SSSR count). The number of aryl methyl sites for hydroxylation is 1. The number of thioether (sulfide) groups is 1. The molecule has 0 aromatic heterocycles. The highest BCUT2D eigenvalue weighted by Crippen LogP contribution is 2.22. The molecule has 0 spiro atoms. The molecule has 0 heterocycles. The molecule has 0 atom stereocenters. The molecule has 2 N–H and O–H groups in total. The third kappa shape index (κ3) is 5.48. The highest BCUT2D eigenvalue weighted by atomic mass is 32.2. The number of benzene rings is 1. The second kappa shape index (κ2) is 8.43. The average Bonchev–Trinajstić information content (AvgIpc) is 2.38. The van der Waals surface area contributed by atoms with Crippen LogP contribution in [0.5, 0.6) is 0 Å². The van der Waals surface area contributed by atoms with Crippen molar-refractivity contribution in [2.45, 2.75) is 20.3 Å². The third-order valence-corrected chi connectivity index (χ3v) is 3.49. The van der Waals surface area contributed by atoms with Crippen LogP contribution in [0, 0.1) is 0 Å². The second-order valence-corrected chi connectivity index (χ2v) is 5.29. The molecule has 0 saturated heterocycles. The topological polar surface area (TPSA) is 58.2 Å². The van der Waals surface area contributed by atoms with Crippen LogP contribution in [0.25, 0.3) is 0 Å². The van der Waals surface area contributed by atoms with Crippen LogP contribution in [0.4, 0.5) is 11.4 Å². The molecule has 0 fully saturated rings. The van der Waals surface area contributed by atoms with E-state index in [0.29, 0.717) is 11.4 Å². The fourth-order valence-electron chi connectivity index (χ4n) is 1.70. The predicted octanol–water partition coefficient (Wildman–Crippen LogP) is 3.07. The average molecular weight is 292 g/mol. The van der Waals surface area contributed by atoms with Gasteiger partial charge < -0.3 is 10.6 Å². The van der Waals surface area contributed by atoms with E-state index in [1.54, 1.807) is 12.1 Å². The number of hydrogen-bond acceptors (Lipinski definition) is 3. The van der Waals surface area contributed by atoms with E-state index in [0.717, 1.165) is 23.4 Å². The highest BCUT2D eigenvalue weighted by molar-refractivity contribution is 8.00. The predicted molar refractivity (Wildman–Crippen MR) is 86.3 cm³/mol. The van der Waals surface area contributed by atoms with Crippen LogP contribution in [0.2, 0.25) is 0 Å². The van der Waals surface area contributed by atoms with Gasteiger partial charge in [-0.3, -0.25) is 9.59 Å². The maximum Gasteiger partial charge on any atom is 0.234 e. The number of amides is 2. The van der Waals surface area contributed by atoms with Crippen LogP contribution in [0.1, 0.15) is 19.4 Å². The Morgan fingerprint density at radius 1 is 1.35 bits per heavy atom. The lowest BCUT2D eigenvalue weighted by Crippen LogP contribution is -2.16. The van der Waals surface area contributed by atoms with E-state index >= 15 is 0 Å². The summed E-state index contributed by atoms with van der Waals surface area (Å²) >= 11 is 1.51. The summed E-state index contributed by atoms with van der Waals surface area (Å²) in [5.74, 6) is 0.957. The zero-order chi connectivity index (χ0) is 15.0. The highest BCUT2D eigenvalue weighted by Gasteiger charge is 2.07. The monoisotopic (exact) mass is 292 g/mol. The number of anilines is 2. The molecule has 0 unspecified atom stereocenters. The summed E-state index contributed by atoms with van der Waals surface area (Å²) in [5, 5.41) is 5.60. The Balaban J connectivity index is 2.77. The largest absolute Gasteiger partial charge is 0.326 e. The molecular formula is C15H20N2O2S. The Kier molecular flexibility index (Phi) is 6.87. The van der Waals surface area contributed by atoms with Gasteiger partial charge in [-0.15, -0.1) is 18.3 Å². The van der Waals surface area contributed by atoms with Crippen molar-refractivity contribution in [2.75, 3.05) is 22.1 Å². The molecule has 108 valence electrons. The van der Waals surface area contributed by atoms with Crippen LogP contribution in [0.15, 0.2) is 30.9 Å². The molecule has 2 amide bonds. The van der Waals surface area contributed by atoms with E-state index in [-0.39, 0.29) is 11.8 Å². The molecule has 4 nitrogen and oxygen atoms in total. The van der Waals surface area contributed by atoms with Gasteiger partial charge in [0.25, 0.3) is 0 Å². The molecule has 0 radical (unpaired) electrons. The van der Waals surface area contributed by atoms with E-state index < -0.39 is 0 Å². The number of carbonyl (C=O) groups excluding carboxylic acids is 2. The van der Waals surface area contributed by atoms with Crippen molar-refractivity contribution in [3.05, 3.63) is 36.4 Å². The molecule has 5 heteroatoms. The Morgan fingerprint density at radius 3 is 2.70 bits per heavy atom. The zero-order valence-corrected chi connectivity index (χ0v) is 12.7. The Hall–Kier alpha value is -1.75. The van der Waals surface area contributed by atoms with Gasteiger partial charge in [-0.25, -0.2) is 0 Å². The summed E-state index contributed by atoms with van der Waals surface area (Å²) in [4.78, 5) is 22.9. The first-order chi connectivity index (χ1) is 9.56. The third-order valence-electron chi connectivity index (χ3n) is 2.55. The lowest BCUT2D eigenvalue weighted by Gasteiger charge is -2.12. The van der Waals surface area contributed by atoms with Crippen LogP contribution in [-0.2, 0) is 16.0 Å². The van der Waals surface area contributed by atoms with Crippen molar-refractivity contribution < 1.29 is 9.59 Å². The summed E-state index contributed by atoms with van der Waals surface area (Å²) in [6, 6.07) is 5.54. The molecule has 0 aliphatic heterocycles. The quantitative estimate of drug-likeness (QED) is 0.600. The van der Waals surface area contributed by atoms with Crippen LogP contribution < -0.4 is 10.6 Å². The summed E-state index contributed by atoms with van der Waals surface area (Å²) in [7, 11) is 0. The fraction of sp³-hybridized carbons (Fsp3) is 0.333. The second-order valence-electron chi connectivity index (χ2n) is 4.26. The zero-order valence-electron chi connectivity index (χ0n) is 11.9. The SMILES string of the molecule is C=CCSCC(=O)Nc1cc(NC(C)=O)ccc1CC. The summed E-state index contributed by atoms with van der Waals surface area (Å²) in [6.45, 7) is 7.09. The molecule has 1 aromatic rings. The van der Waals surface area contributed by atoms with Crippen LogP contribution in [-0.4, -0.2) is 23.3 Å². The minimum Gasteiger partial charge on any atom is -0.326 e. The first kappa shape index (κ1) is 16.3. The summed E-state index contributed by atoms with van der Waals surface area (Å²) in [5.41, 5.74) is 2.48. The van der Waals surface area contributed by atoms with Crippen molar-refractivity contribution in [3.8, 4) is 0 Å². The standard InChI is InChI=1S/C15H20N2O2S/c1-4-8-20-10-15(19)17-14-9-13(16-11(3)18)7-6-12(14)5-2/h4,6-7,9H,1,5,8,10H2,2-3H3,(H,16,18)(H,17,19). The van der Waals surface area contributed by atoms with E-state index in [1.807, 2.05) is 19.1 Å². The minimum atomic E-state index is -0.131. The van der Waals surface area contributed by atoms with Gasteiger partial charge >= 0.3 is 0 Å². The Bertz CT molecular complexity index is 501. The van der Waals surface area contributed by atoms with Gasteiger partial charge in [0, 0.05) is 24.1 Å². The molecule has 0 aliphatic rings. The number of carbonyl (C=O) groups is 2. The maximum absolute atomic E-state index is 11.8. The smallest absolute Gasteiger partial charge is 0.234 e. The van der Waals surface area contributed by atoms with Crippen molar-refractivity contribution in [1.82, 2.24) is 0 Å². The van der Waals surface area contributed by atoms with Crippen molar-refractivity contribution in [2.24, 2.45) is 0 Å². The normalized spacial score (nSPS) is 9.90. The minimum absolute atomic E-state index is 0.0495. The van der Waals surface area contributed by atoms with Gasteiger partial charge in [-0.1, -0.05) is 19.1 Å². The van der Waals surface area contributed by atoms with Crippen LogP contribution in [0.3, 0.4) is 0 Å². The van der Waals surface area contributed by atoms with Gasteiger partial charge in [0.15, 0.2) is 0 Å². The van der Waals surface area contributed by atoms with Gasteiger partial charge in [-0.05, 0) is 24.1 Å². The van der Waals surface area contributed by atoms with E-state index in [9.17, 15) is 9.59 Å². The molecule has 0 bridgehead atoms. The van der Waals surface area contributed by atoms with Crippen LogP contribution >= 0.6 is 11.8 Å². The van der Waals surface area contributed by atoms with Crippen molar-refractivity contribution in [1.29, 1.82) is 0 Å². The number of hydrogen-bond donors (Lipinski definition) is 2. The van der Waals surface area contributed by atoms with Crippen molar-refractivity contribution in [3.63, 3.8) is 0 Å². The molecule has 1 aromatic carbocycles. The number of rotatable bonds is 7. The molecule has 0 saturated carbocycles. The Labute approximate surface area is 124 Å². The first-order valence-corrected chi connectivity index (χ1v) is 7.61. The molecule has 0 aliphatic carbocycles. The Morgan fingerprint density at radius 2 is 2.10 bits per heavy atom. The van der Waals surface area contributed by atoms with Gasteiger partial charge in [-0.2, -0.15) is 0 Å². The summed E-state index contributed by atoms with van der Waals surface area (Å²) in [6.07, 6.45) is 2.59. The lowest BCUT2D eigenvalue weighted by atomic mass is 10.1. The lowest BCUT2D eigenvalue weighted by molar-refractivity contribution is -0.114. The number of nitrogens with one attached hydrogen (secondary N) is 2. The van der Waals surface area contributed by atoms with Crippen molar-refractivity contribution >= 4 is 35.0 Å².